The topological polar surface area (TPSA) is 46.3 Å². The summed E-state index contributed by atoms with van der Waals surface area (Å²) in [6.45, 7) is 1.51. The van der Waals surface area contributed by atoms with Crippen LogP contribution in [0.5, 0.6) is 0 Å². The van der Waals surface area contributed by atoms with Gasteiger partial charge in [-0.1, -0.05) is 30.3 Å². The number of rotatable bonds is 3. The number of hydrogen-bond acceptors (Lipinski definition) is 2. The van der Waals surface area contributed by atoms with Gasteiger partial charge in [-0.05, 0) is 24.3 Å². The molecule has 0 atom stereocenters. The Labute approximate surface area is 102 Å². The summed E-state index contributed by atoms with van der Waals surface area (Å²) in [6.07, 6.45) is 3.00. The van der Waals surface area contributed by atoms with E-state index in [9.17, 15) is 4.79 Å². The molecule has 17 heavy (non-hydrogen) atoms. The van der Waals surface area contributed by atoms with E-state index in [4.69, 9.17) is 5.73 Å². The Morgan fingerprint density at radius 1 is 1.29 bits per heavy atom. The number of nitrogens with zero attached hydrogens (tertiary/aromatic N) is 1. The largest absolute Gasteiger partial charge is 0.339 e. The maximum atomic E-state index is 12.0. The molecule has 0 radical (unpaired) electrons. The van der Waals surface area contributed by atoms with Crippen LogP contribution in [0.2, 0.25) is 0 Å². The van der Waals surface area contributed by atoms with E-state index >= 15 is 0 Å². The summed E-state index contributed by atoms with van der Waals surface area (Å²) in [5.41, 5.74) is 7.25. The molecule has 0 bridgehead atoms. The highest BCUT2D eigenvalue weighted by Crippen LogP contribution is 2.42. The molecule has 0 spiro atoms. The lowest BCUT2D eigenvalue weighted by Crippen LogP contribution is -2.70. The van der Waals surface area contributed by atoms with Crippen LogP contribution in [0.4, 0.5) is 0 Å². The molecule has 1 saturated heterocycles. The van der Waals surface area contributed by atoms with Crippen molar-refractivity contribution in [2.45, 2.75) is 24.8 Å². The van der Waals surface area contributed by atoms with E-state index in [0.29, 0.717) is 12.3 Å². The standard InChI is InChI=1S/C14H18N2O/c15-14(12-6-7-12)9-16(10-14)13(17)8-11-4-2-1-3-5-11/h1-5,12H,6-10,15H2. The zero-order valence-corrected chi connectivity index (χ0v) is 9.93. The number of benzene rings is 1. The van der Waals surface area contributed by atoms with Gasteiger partial charge >= 0.3 is 0 Å². The Bertz CT molecular complexity index is 419. The average molecular weight is 230 g/mol. The molecule has 1 aromatic carbocycles. The van der Waals surface area contributed by atoms with Gasteiger partial charge in [0.1, 0.15) is 0 Å². The number of likely N-dealkylation sites (tertiary alicyclic amines) is 1. The maximum Gasteiger partial charge on any atom is 0.227 e. The van der Waals surface area contributed by atoms with Crippen LogP contribution < -0.4 is 5.73 Å². The highest BCUT2D eigenvalue weighted by Gasteiger charge is 2.51. The van der Waals surface area contributed by atoms with Crippen molar-refractivity contribution >= 4 is 5.91 Å². The van der Waals surface area contributed by atoms with Crippen LogP contribution in [0.15, 0.2) is 30.3 Å². The van der Waals surface area contributed by atoms with Crippen molar-refractivity contribution in [3.63, 3.8) is 0 Å². The summed E-state index contributed by atoms with van der Waals surface area (Å²) in [5.74, 6) is 0.876. The minimum atomic E-state index is -0.0631. The van der Waals surface area contributed by atoms with Gasteiger partial charge in [0.25, 0.3) is 0 Å². The molecular formula is C14H18N2O. The van der Waals surface area contributed by atoms with E-state index < -0.39 is 0 Å². The van der Waals surface area contributed by atoms with E-state index in [2.05, 4.69) is 0 Å². The van der Waals surface area contributed by atoms with E-state index in [0.717, 1.165) is 18.7 Å². The SMILES string of the molecule is NC1(C2CC2)CN(C(=O)Cc2ccccc2)C1. The minimum absolute atomic E-state index is 0.0631. The van der Waals surface area contributed by atoms with Crippen LogP contribution >= 0.6 is 0 Å². The van der Waals surface area contributed by atoms with Gasteiger partial charge in [0.15, 0.2) is 0 Å². The first-order chi connectivity index (χ1) is 8.17. The Hall–Kier alpha value is -1.35. The van der Waals surface area contributed by atoms with Crippen molar-refractivity contribution in [1.29, 1.82) is 0 Å². The normalized spacial score (nSPS) is 22.1. The number of amides is 1. The zero-order chi connectivity index (χ0) is 11.9. The molecule has 1 aliphatic carbocycles. The average Bonchev–Trinajstić information content (AvgIpc) is 3.10. The molecule has 1 aliphatic heterocycles. The fourth-order valence-electron chi connectivity index (χ4n) is 2.64. The summed E-state index contributed by atoms with van der Waals surface area (Å²) in [4.78, 5) is 13.9. The molecule has 1 amide bonds. The number of carbonyl (C=O) groups excluding carboxylic acids is 1. The number of hydrogen-bond donors (Lipinski definition) is 1. The van der Waals surface area contributed by atoms with Gasteiger partial charge in [-0.2, -0.15) is 0 Å². The van der Waals surface area contributed by atoms with Gasteiger partial charge in [0.2, 0.25) is 5.91 Å². The van der Waals surface area contributed by atoms with Crippen LogP contribution in [0, 0.1) is 5.92 Å². The van der Waals surface area contributed by atoms with Crippen LogP contribution in [0.3, 0.4) is 0 Å². The van der Waals surface area contributed by atoms with Gasteiger partial charge in [0, 0.05) is 13.1 Å². The third-order valence-electron chi connectivity index (χ3n) is 3.91. The Kier molecular flexibility index (Phi) is 2.44. The smallest absolute Gasteiger partial charge is 0.227 e. The molecule has 90 valence electrons. The van der Waals surface area contributed by atoms with Crippen LogP contribution in [-0.2, 0) is 11.2 Å². The molecule has 3 rings (SSSR count). The van der Waals surface area contributed by atoms with Crippen LogP contribution in [0.25, 0.3) is 0 Å². The summed E-state index contributed by atoms with van der Waals surface area (Å²) in [7, 11) is 0. The summed E-state index contributed by atoms with van der Waals surface area (Å²) in [5, 5.41) is 0. The molecule has 2 aliphatic rings. The second kappa shape index (κ2) is 3.84. The van der Waals surface area contributed by atoms with Gasteiger partial charge in [-0.15, -0.1) is 0 Å². The Morgan fingerprint density at radius 2 is 1.94 bits per heavy atom. The Morgan fingerprint density at radius 3 is 2.53 bits per heavy atom. The molecule has 2 fully saturated rings. The third kappa shape index (κ3) is 2.07. The number of nitrogens with two attached hydrogens (primary N) is 1. The minimum Gasteiger partial charge on any atom is -0.339 e. The molecule has 3 nitrogen and oxygen atoms in total. The van der Waals surface area contributed by atoms with Crippen molar-refractivity contribution in [3.05, 3.63) is 35.9 Å². The monoisotopic (exact) mass is 230 g/mol. The summed E-state index contributed by atoms with van der Waals surface area (Å²) < 4.78 is 0. The zero-order valence-electron chi connectivity index (χ0n) is 9.93. The summed E-state index contributed by atoms with van der Waals surface area (Å²) >= 11 is 0. The molecule has 2 N–H and O–H groups in total. The van der Waals surface area contributed by atoms with Crippen molar-refractivity contribution < 1.29 is 4.79 Å². The van der Waals surface area contributed by atoms with Crippen LogP contribution in [-0.4, -0.2) is 29.4 Å². The van der Waals surface area contributed by atoms with Gasteiger partial charge in [0.05, 0.1) is 12.0 Å². The molecule has 1 aromatic rings. The quantitative estimate of drug-likeness (QED) is 0.847. The lowest BCUT2D eigenvalue weighted by atomic mass is 9.85. The van der Waals surface area contributed by atoms with E-state index in [1.54, 1.807) is 0 Å². The van der Waals surface area contributed by atoms with Crippen molar-refractivity contribution in [2.75, 3.05) is 13.1 Å². The molecule has 1 heterocycles. The predicted octanol–water partition coefficient (Wildman–Crippen LogP) is 1.18. The summed E-state index contributed by atoms with van der Waals surface area (Å²) in [6, 6.07) is 9.89. The van der Waals surface area contributed by atoms with Crippen molar-refractivity contribution in [1.82, 2.24) is 4.90 Å². The van der Waals surface area contributed by atoms with E-state index in [1.807, 2.05) is 35.2 Å². The number of carbonyl (C=O) groups is 1. The molecule has 3 heteroatoms. The molecule has 1 saturated carbocycles. The van der Waals surface area contributed by atoms with E-state index in [-0.39, 0.29) is 11.4 Å². The third-order valence-corrected chi connectivity index (χ3v) is 3.91. The Balaban J connectivity index is 1.55. The van der Waals surface area contributed by atoms with Crippen LogP contribution in [0.1, 0.15) is 18.4 Å². The maximum absolute atomic E-state index is 12.0. The lowest BCUT2D eigenvalue weighted by molar-refractivity contribution is -0.138. The van der Waals surface area contributed by atoms with E-state index in [1.165, 1.54) is 12.8 Å². The first-order valence-electron chi connectivity index (χ1n) is 6.28. The first-order valence-corrected chi connectivity index (χ1v) is 6.28. The fourth-order valence-corrected chi connectivity index (χ4v) is 2.64. The van der Waals surface area contributed by atoms with Gasteiger partial charge in [-0.3, -0.25) is 4.79 Å². The first kappa shape index (κ1) is 10.8. The molecule has 0 aromatic heterocycles. The lowest BCUT2D eigenvalue weighted by Gasteiger charge is -2.48. The van der Waals surface area contributed by atoms with Gasteiger partial charge < -0.3 is 10.6 Å². The second-order valence-electron chi connectivity index (χ2n) is 5.42. The molecule has 0 unspecified atom stereocenters. The van der Waals surface area contributed by atoms with Crippen molar-refractivity contribution in [3.8, 4) is 0 Å². The predicted molar refractivity (Wildman–Crippen MR) is 66.4 cm³/mol. The highest BCUT2D eigenvalue weighted by molar-refractivity contribution is 5.80. The van der Waals surface area contributed by atoms with Crippen molar-refractivity contribution in [2.24, 2.45) is 11.7 Å². The van der Waals surface area contributed by atoms with Gasteiger partial charge in [-0.25, -0.2) is 0 Å². The highest BCUT2D eigenvalue weighted by atomic mass is 16.2. The second-order valence-corrected chi connectivity index (χ2v) is 5.42. The fraction of sp³-hybridized carbons (Fsp3) is 0.500. The molecular weight excluding hydrogens is 212 g/mol.